The lowest BCUT2D eigenvalue weighted by molar-refractivity contribution is 0.0823. The molecule has 3 saturated carbocycles. The zero-order valence-corrected chi connectivity index (χ0v) is 11.0. The van der Waals surface area contributed by atoms with Gasteiger partial charge in [-0.15, -0.1) is 0 Å². The van der Waals surface area contributed by atoms with Gasteiger partial charge in [0.1, 0.15) is 0 Å². The number of rotatable bonds is 3. The van der Waals surface area contributed by atoms with Gasteiger partial charge in [-0.1, -0.05) is 41.0 Å². The van der Waals surface area contributed by atoms with Crippen LogP contribution in [0.15, 0.2) is 0 Å². The fourth-order valence-corrected chi connectivity index (χ4v) is 5.46. The third-order valence-corrected chi connectivity index (χ3v) is 7.00. The third-order valence-electron chi connectivity index (χ3n) is 7.00. The topological polar surface area (TPSA) is 0 Å². The highest BCUT2D eigenvalue weighted by molar-refractivity contribution is 5.28. The van der Waals surface area contributed by atoms with Crippen LogP contribution in [-0.2, 0) is 0 Å². The van der Waals surface area contributed by atoms with Crippen LogP contribution in [0, 0.1) is 40.4 Å². The van der Waals surface area contributed by atoms with Crippen LogP contribution in [0.3, 0.4) is 0 Å². The average Bonchev–Trinajstić information content (AvgIpc) is 3.08. The minimum absolute atomic E-state index is 0.740. The molecule has 0 amide bonds. The van der Waals surface area contributed by atoms with Crippen molar-refractivity contribution in [1.82, 2.24) is 0 Å². The standard InChI is InChI=1S/C15H26/c1-6-14(5)8-11(14)13-12-9(3)10(4)15(12,13)7-2/h9-13H,6-8H2,1-5H3. The van der Waals surface area contributed by atoms with Crippen LogP contribution in [0.25, 0.3) is 0 Å². The molecule has 0 nitrogen and oxygen atoms in total. The maximum Gasteiger partial charge on any atom is -0.0204 e. The summed E-state index contributed by atoms with van der Waals surface area (Å²) in [5.74, 6) is 5.38. The van der Waals surface area contributed by atoms with Gasteiger partial charge in [0, 0.05) is 0 Å². The van der Waals surface area contributed by atoms with Crippen molar-refractivity contribution >= 4 is 0 Å². The van der Waals surface area contributed by atoms with E-state index in [9.17, 15) is 0 Å². The Hall–Kier alpha value is 0. The molecule has 7 unspecified atom stereocenters. The second kappa shape index (κ2) is 2.63. The molecule has 0 aliphatic heterocycles. The van der Waals surface area contributed by atoms with Crippen LogP contribution in [-0.4, -0.2) is 0 Å². The van der Waals surface area contributed by atoms with Crippen LogP contribution in [0.2, 0.25) is 0 Å². The van der Waals surface area contributed by atoms with Crippen molar-refractivity contribution in [2.75, 3.05) is 0 Å². The van der Waals surface area contributed by atoms with Crippen molar-refractivity contribution in [3.63, 3.8) is 0 Å². The van der Waals surface area contributed by atoms with Gasteiger partial charge in [-0.2, -0.15) is 0 Å². The van der Waals surface area contributed by atoms with E-state index < -0.39 is 0 Å². The second-order valence-corrected chi connectivity index (χ2v) is 6.98. The van der Waals surface area contributed by atoms with Crippen molar-refractivity contribution < 1.29 is 0 Å². The lowest BCUT2D eigenvalue weighted by atomic mass is 9.65. The Balaban J connectivity index is 1.77. The van der Waals surface area contributed by atoms with Gasteiger partial charge in [0.05, 0.1) is 0 Å². The van der Waals surface area contributed by atoms with E-state index in [4.69, 9.17) is 0 Å². The average molecular weight is 206 g/mol. The first-order valence-corrected chi connectivity index (χ1v) is 7.03. The van der Waals surface area contributed by atoms with Crippen LogP contribution in [0.1, 0.15) is 53.9 Å². The summed E-state index contributed by atoms with van der Waals surface area (Å²) in [6.07, 6.45) is 4.39. The predicted molar refractivity (Wildman–Crippen MR) is 64.5 cm³/mol. The van der Waals surface area contributed by atoms with Gasteiger partial charge in [-0.3, -0.25) is 0 Å². The third kappa shape index (κ3) is 0.913. The quantitative estimate of drug-likeness (QED) is 0.644. The molecule has 0 bridgehead atoms. The Kier molecular flexibility index (Phi) is 1.78. The van der Waals surface area contributed by atoms with Crippen LogP contribution < -0.4 is 0 Å². The van der Waals surface area contributed by atoms with Gasteiger partial charge in [-0.05, 0) is 53.3 Å². The molecular formula is C15H26. The molecule has 0 aromatic carbocycles. The minimum Gasteiger partial charge on any atom is -0.0649 e. The minimum atomic E-state index is 0.740. The van der Waals surface area contributed by atoms with Crippen molar-refractivity contribution in [2.24, 2.45) is 40.4 Å². The number of fused-ring (bicyclic) bond motifs is 1. The summed E-state index contributed by atoms with van der Waals surface area (Å²) >= 11 is 0. The van der Waals surface area contributed by atoms with Crippen LogP contribution in [0.4, 0.5) is 0 Å². The summed E-state index contributed by atoms with van der Waals surface area (Å²) in [6, 6.07) is 0. The summed E-state index contributed by atoms with van der Waals surface area (Å²) in [7, 11) is 0. The van der Waals surface area contributed by atoms with E-state index in [1.54, 1.807) is 0 Å². The lowest BCUT2D eigenvalue weighted by Gasteiger charge is -2.40. The van der Waals surface area contributed by atoms with E-state index >= 15 is 0 Å². The van der Waals surface area contributed by atoms with Crippen molar-refractivity contribution in [3.05, 3.63) is 0 Å². The first-order valence-electron chi connectivity index (χ1n) is 7.03. The maximum absolute atomic E-state index is 2.52. The molecule has 86 valence electrons. The highest BCUT2D eigenvalue weighted by Gasteiger charge is 2.81. The first kappa shape index (κ1) is 10.2. The molecule has 0 heterocycles. The summed E-state index contributed by atoms with van der Waals surface area (Å²) < 4.78 is 0. The number of hydrogen-bond acceptors (Lipinski definition) is 0. The van der Waals surface area contributed by atoms with Crippen molar-refractivity contribution in [2.45, 2.75) is 53.9 Å². The zero-order valence-electron chi connectivity index (χ0n) is 11.0. The van der Waals surface area contributed by atoms with E-state index in [1.807, 2.05) is 0 Å². The number of hydrogen-bond donors (Lipinski definition) is 0. The van der Waals surface area contributed by atoms with Crippen molar-refractivity contribution in [1.29, 1.82) is 0 Å². The molecule has 3 aliphatic carbocycles. The SMILES string of the molecule is CCC1(C)CC1C1C2C(C)C(C)C21CC. The van der Waals surface area contributed by atoms with E-state index in [0.29, 0.717) is 0 Å². The Morgan fingerprint density at radius 1 is 1.07 bits per heavy atom. The Labute approximate surface area is 94.8 Å². The maximum atomic E-state index is 2.52. The molecule has 3 rings (SSSR count). The molecular weight excluding hydrogens is 180 g/mol. The monoisotopic (exact) mass is 206 g/mol. The van der Waals surface area contributed by atoms with E-state index in [-0.39, 0.29) is 0 Å². The largest absolute Gasteiger partial charge is 0.0649 e. The molecule has 0 saturated heterocycles. The molecule has 15 heavy (non-hydrogen) atoms. The molecule has 0 heteroatoms. The highest BCUT2D eigenvalue weighted by Crippen LogP contribution is 2.86. The Morgan fingerprint density at radius 2 is 1.73 bits per heavy atom. The summed E-state index contributed by atoms with van der Waals surface area (Å²) in [5.41, 5.74) is 1.56. The van der Waals surface area contributed by atoms with Crippen LogP contribution >= 0.6 is 0 Å². The summed E-state index contributed by atoms with van der Waals surface area (Å²) in [6.45, 7) is 12.3. The highest BCUT2D eigenvalue weighted by atomic mass is 14.8. The van der Waals surface area contributed by atoms with Gasteiger partial charge in [0.15, 0.2) is 0 Å². The van der Waals surface area contributed by atoms with Gasteiger partial charge in [-0.25, -0.2) is 0 Å². The molecule has 0 radical (unpaired) electrons. The van der Waals surface area contributed by atoms with Gasteiger partial charge >= 0.3 is 0 Å². The Morgan fingerprint density at radius 3 is 2.13 bits per heavy atom. The molecule has 0 aromatic heterocycles. The fraction of sp³-hybridized carbons (Fsp3) is 1.00. The Bertz CT molecular complexity index is 294. The molecule has 0 N–H and O–H groups in total. The molecule has 3 fully saturated rings. The van der Waals surface area contributed by atoms with E-state index in [0.717, 1.165) is 40.4 Å². The molecule has 0 aromatic rings. The molecule has 0 spiro atoms. The fourth-order valence-electron chi connectivity index (χ4n) is 5.46. The molecule has 7 atom stereocenters. The predicted octanol–water partition coefficient (Wildman–Crippen LogP) is 4.35. The van der Waals surface area contributed by atoms with Crippen LogP contribution in [0.5, 0.6) is 0 Å². The van der Waals surface area contributed by atoms with Gasteiger partial charge in [0.25, 0.3) is 0 Å². The normalized spacial score (nSPS) is 65.8. The van der Waals surface area contributed by atoms with Gasteiger partial charge in [0.2, 0.25) is 0 Å². The zero-order chi connectivity index (χ0) is 11.0. The smallest absolute Gasteiger partial charge is 0.0204 e. The van der Waals surface area contributed by atoms with E-state index in [2.05, 4.69) is 34.6 Å². The lowest BCUT2D eigenvalue weighted by Crippen LogP contribution is -2.34. The first-order chi connectivity index (χ1) is 7.03. The summed E-state index contributed by atoms with van der Waals surface area (Å²) in [4.78, 5) is 0. The van der Waals surface area contributed by atoms with Gasteiger partial charge < -0.3 is 0 Å². The summed E-state index contributed by atoms with van der Waals surface area (Å²) in [5, 5.41) is 0. The van der Waals surface area contributed by atoms with E-state index in [1.165, 1.54) is 19.3 Å². The van der Waals surface area contributed by atoms with Crippen molar-refractivity contribution in [3.8, 4) is 0 Å². The second-order valence-electron chi connectivity index (χ2n) is 6.98. The molecule has 3 aliphatic rings.